The van der Waals surface area contributed by atoms with Gasteiger partial charge in [-0.2, -0.15) is 0 Å². The van der Waals surface area contributed by atoms with Gasteiger partial charge < -0.3 is 15.0 Å². The maximum absolute atomic E-state index is 12.6. The molecule has 0 unspecified atom stereocenters. The predicted molar refractivity (Wildman–Crippen MR) is 129 cm³/mol. The second-order valence-electron chi connectivity index (χ2n) is 8.30. The Labute approximate surface area is 192 Å². The average Bonchev–Trinajstić information content (AvgIpc) is 3.53. The molecule has 33 heavy (non-hydrogen) atoms. The van der Waals surface area contributed by atoms with Crippen molar-refractivity contribution in [1.82, 2.24) is 14.6 Å². The van der Waals surface area contributed by atoms with Crippen LogP contribution in [-0.2, 0) is 14.8 Å². The summed E-state index contributed by atoms with van der Waals surface area (Å²) in [7, 11) is -2.25. The molecular formula is C24H26N4O4S. The number of rotatable bonds is 7. The number of anilines is 1. The molecule has 0 atom stereocenters. The van der Waals surface area contributed by atoms with Crippen LogP contribution in [0.1, 0.15) is 24.1 Å². The van der Waals surface area contributed by atoms with Crippen LogP contribution in [0.15, 0.2) is 47.4 Å². The number of carbonyl (C=O) groups is 1. The normalized spacial score (nSPS) is 17.6. The number of sulfonamides is 1. The molecule has 3 N–H and O–H groups in total. The Morgan fingerprint density at radius 3 is 2.73 bits per heavy atom. The standard InChI is InChI=1S/C24H26N4O4S/c1-25-33(30,31)19-5-7-23-20(15-19)21(24(29)27-23)14-17-12-16-13-18(4-6-22(16)26-17)32-11-10-28-8-2-3-9-28/h4-7,12-15,25-26H,2-3,8-11H2,1H3,(H,27,29). The number of aromatic amines is 1. The highest BCUT2D eigenvalue weighted by atomic mass is 32.2. The lowest BCUT2D eigenvalue weighted by molar-refractivity contribution is -0.110. The molecule has 1 aromatic heterocycles. The molecule has 2 aliphatic rings. The number of carbonyl (C=O) groups excluding carboxylic acids is 1. The van der Waals surface area contributed by atoms with Gasteiger partial charge >= 0.3 is 0 Å². The van der Waals surface area contributed by atoms with Crippen molar-refractivity contribution in [3.8, 4) is 5.75 Å². The molecule has 1 fully saturated rings. The van der Waals surface area contributed by atoms with Crippen molar-refractivity contribution in [1.29, 1.82) is 0 Å². The van der Waals surface area contributed by atoms with Crippen LogP contribution in [0.4, 0.5) is 5.69 Å². The van der Waals surface area contributed by atoms with Crippen molar-refractivity contribution in [2.45, 2.75) is 17.7 Å². The Balaban J connectivity index is 1.39. The summed E-state index contributed by atoms with van der Waals surface area (Å²) in [6, 6.07) is 12.4. The van der Waals surface area contributed by atoms with E-state index in [-0.39, 0.29) is 10.8 Å². The Kier molecular flexibility index (Phi) is 5.69. The van der Waals surface area contributed by atoms with E-state index in [1.165, 1.54) is 32.0 Å². The van der Waals surface area contributed by atoms with E-state index in [0.29, 0.717) is 23.4 Å². The number of hydrogen-bond donors (Lipinski definition) is 3. The van der Waals surface area contributed by atoms with Crippen LogP contribution in [-0.4, -0.2) is 57.5 Å². The van der Waals surface area contributed by atoms with Gasteiger partial charge in [0.05, 0.1) is 10.5 Å². The summed E-state index contributed by atoms with van der Waals surface area (Å²) < 4.78 is 32.6. The van der Waals surface area contributed by atoms with Crippen LogP contribution in [0.5, 0.6) is 5.75 Å². The van der Waals surface area contributed by atoms with E-state index in [4.69, 9.17) is 4.74 Å². The number of likely N-dealkylation sites (tertiary alicyclic amines) is 1. The highest BCUT2D eigenvalue weighted by molar-refractivity contribution is 7.89. The van der Waals surface area contributed by atoms with Crippen LogP contribution >= 0.6 is 0 Å². The third-order valence-corrected chi connectivity index (χ3v) is 7.55. The molecule has 172 valence electrons. The number of aromatic nitrogens is 1. The van der Waals surface area contributed by atoms with Gasteiger partial charge in [0, 0.05) is 34.4 Å². The molecular weight excluding hydrogens is 440 g/mol. The fourth-order valence-electron chi connectivity index (χ4n) is 4.35. The molecule has 0 aliphatic carbocycles. The Morgan fingerprint density at radius 1 is 1.12 bits per heavy atom. The molecule has 5 rings (SSSR count). The van der Waals surface area contributed by atoms with E-state index in [2.05, 4.69) is 19.9 Å². The van der Waals surface area contributed by atoms with E-state index < -0.39 is 10.0 Å². The van der Waals surface area contributed by atoms with Crippen LogP contribution in [0.25, 0.3) is 22.6 Å². The van der Waals surface area contributed by atoms with Crippen molar-refractivity contribution in [3.05, 3.63) is 53.7 Å². The van der Waals surface area contributed by atoms with Gasteiger partial charge in [-0.1, -0.05) is 0 Å². The van der Waals surface area contributed by atoms with Gasteiger partial charge in [0.25, 0.3) is 5.91 Å². The van der Waals surface area contributed by atoms with E-state index in [0.717, 1.165) is 42.0 Å². The minimum absolute atomic E-state index is 0.110. The first-order valence-corrected chi connectivity index (χ1v) is 12.5. The fourth-order valence-corrected chi connectivity index (χ4v) is 5.11. The highest BCUT2D eigenvalue weighted by Crippen LogP contribution is 2.35. The van der Waals surface area contributed by atoms with Gasteiger partial charge in [-0.25, -0.2) is 13.1 Å². The summed E-state index contributed by atoms with van der Waals surface area (Å²) in [6.07, 6.45) is 4.27. The first kappa shape index (κ1) is 21.7. The number of nitrogens with zero attached hydrogens (tertiary/aromatic N) is 1. The number of hydrogen-bond acceptors (Lipinski definition) is 5. The maximum Gasteiger partial charge on any atom is 0.256 e. The molecule has 0 bridgehead atoms. The average molecular weight is 467 g/mol. The topological polar surface area (TPSA) is 104 Å². The second kappa shape index (κ2) is 8.66. The quantitative estimate of drug-likeness (QED) is 0.465. The number of ether oxygens (including phenoxy) is 1. The van der Waals surface area contributed by atoms with Gasteiger partial charge in [-0.3, -0.25) is 9.69 Å². The summed E-state index contributed by atoms with van der Waals surface area (Å²) in [4.78, 5) is 18.4. The summed E-state index contributed by atoms with van der Waals surface area (Å²) >= 11 is 0. The zero-order valence-corrected chi connectivity index (χ0v) is 19.2. The Bertz CT molecular complexity index is 1350. The molecule has 9 heteroatoms. The summed E-state index contributed by atoms with van der Waals surface area (Å²) in [6.45, 7) is 3.89. The van der Waals surface area contributed by atoms with Crippen LogP contribution in [0.2, 0.25) is 0 Å². The summed E-state index contributed by atoms with van der Waals surface area (Å²) in [5, 5.41) is 3.77. The smallest absolute Gasteiger partial charge is 0.256 e. The Hall–Kier alpha value is -3.14. The van der Waals surface area contributed by atoms with Gasteiger partial charge in [0.1, 0.15) is 12.4 Å². The molecule has 0 spiro atoms. The number of benzene rings is 2. The van der Waals surface area contributed by atoms with Gasteiger partial charge in [-0.15, -0.1) is 0 Å². The largest absolute Gasteiger partial charge is 0.492 e. The van der Waals surface area contributed by atoms with Crippen molar-refractivity contribution in [2.75, 3.05) is 38.6 Å². The molecule has 1 amide bonds. The summed E-state index contributed by atoms with van der Waals surface area (Å²) in [5.74, 6) is 0.541. The maximum atomic E-state index is 12.6. The SMILES string of the molecule is CNS(=O)(=O)c1ccc2c(c1)C(=Cc1cc3cc(OCCN4CCCC4)ccc3[nH]1)C(=O)N2. The van der Waals surface area contributed by atoms with E-state index in [9.17, 15) is 13.2 Å². The monoisotopic (exact) mass is 466 g/mol. The van der Waals surface area contributed by atoms with Gasteiger partial charge in [0.15, 0.2) is 0 Å². The lowest BCUT2D eigenvalue weighted by Gasteiger charge is -2.14. The molecule has 3 aromatic rings. The first-order chi connectivity index (χ1) is 15.9. The molecule has 0 saturated carbocycles. The Morgan fingerprint density at radius 2 is 1.94 bits per heavy atom. The number of amides is 1. The summed E-state index contributed by atoms with van der Waals surface area (Å²) in [5.41, 5.74) is 3.23. The number of H-pyrrole nitrogens is 1. The molecule has 0 radical (unpaired) electrons. The third kappa shape index (κ3) is 4.39. The van der Waals surface area contributed by atoms with Crippen LogP contribution < -0.4 is 14.8 Å². The molecule has 2 aromatic carbocycles. The van der Waals surface area contributed by atoms with Crippen molar-refractivity contribution < 1.29 is 17.9 Å². The molecule has 2 aliphatic heterocycles. The second-order valence-corrected chi connectivity index (χ2v) is 10.2. The zero-order valence-electron chi connectivity index (χ0n) is 18.3. The number of nitrogens with one attached hydrogen (secondary N) is 3. The lowest BCUT2D eigenvalue weighted by atomic mass is 10.1. The van der Waals surface area contributed by atoms with Crippen LogP contribution in [0.3, 0.4) is 0 Å². The molecule has 8 nitrogen and oxygen atoms in total. The van der Waals surface area contributed by atoms with E-state index in [1.54, 1.807) is 12.1 Å². The minimum atomic E-state index is -3.61. The third-order valence-electron chi connectivity index (χ3n) is 6.14. The van der Waals surface area contributed by atoms with Gasteiger partial charge in [0.2, 0.25) is 10.0 Å². The lowest BCUT2D eigenvalue weighted by Crippen LogP contribution is -2.25. The first-order valence-electron chi connectivity index (χ1n) is 11.0. The number of fused-ring (bicyclic) bond motifs is 2. The van der Waals surface area contributed by atoms with Crippen molar-refractivity contribution >= 4 is 44.2 Å². The predicted octanol–water partition coefficient (Wildman–Crippen LogP) is 3.04. The minimum Gasteiger partial charge on any atom is -0.492 e. The molecule has 3 heterocycles. The highest BCUT2D eigenvalue weighted by Gasteiger charge is 2.26. The van der Waals surface area contributed by atoms with Crippen molar-refractivity contribution in [2.24, 2.45) is 0 Å². The van der Waals surface area contributed by atoms with E-state index in [1.807, 2.05) is 24.3 Å². The van der Waals surface area contributed by atoms with E-state index >= 15 is 0 Å². The molecule has 1 saturated heterocycles. The van der Waals surface area contributed by atoms with Crippen LogP contribution in [0, 0.1) is 0 Å². The fraction of sp³-hybridized carbons (Fsp3) is 0.292. The zero-order chi connectivity index (χ0) is 23.0. The van der Waals surface area contributed by atoms with Crippen molar-refractivity contribution in [3.63, 3.8) is 0 Å². The van der Waals surface area contributed by atoms with Gasteiger partial charge in [-0.05, 0) is 81.5 Å².